The van der Waals surface area contributed by atoms with Crippen LogP contribution in [0.5, 0.6) is 0 Å². The Morgan fingerprint density at radius 2 is 1.69 bits per heavy atom. The normalized spacial score (nSPS) is 24.9. The fourth-order valence-corrected chi connectivity index (χ4v) is 5.80. The van der Waals surface area contributed by atoms with Gasteiger partial charge in [-0.05, 0) is 36.9 Å². The Hall–Kier alpha value is -2.79. The maximum Gasteiger partial charge on any atom is 0.223 e. The Kier molecular flexibility index (Phi) is 6.51. The molecule has 4 N–H and O–H groups in total. The van der Waals surface area contributed by atoms with Gasteiger partial charge in [-0.2, -0.15) is 5.53 Å². The van der Waals surface area contributed by atoms with E-state index in [2.05, 4.69) is 65.7 Å². The first-order valence-corrected chi connectivity index (χ1v) is 12.9. The Morgan fingerprint density at radius 3 is 2.43 bits per heavy atom. The summed E-state index contributed by atoms with van der Waals surface area (Å²) >= 11 is 0. The van der Waals surface area contributed by atoms with E-state index >= 15 is 0 Å². The summed E-state index contributed by atoms with van der Waals surface area (Å²) in [6.45, 7) is 5.97. The van der Waals surface area contributed by atoms with E-state index in [1.807, 2.05) is 17.3 Å². The number of hydrazine groups is 2. The highest BCUT2D eigenvalue weighted by atomic mass is 16.2. The SMILES string of the molecule is O=C(CCN1CCC2NNNC2C1)N1CCN(c2cnc(NC3Cc4ccccc4C3)nc2)CC1. The molecule has 4 heterocycles. The molecule has 10 heteroatoms. The van der Waals surface area contributed by atoms with Crippen molar-refractivity contribution in [2.24, 2.45) is 0 Å². The van der Waals surface area contributed by atoms with Crippen molar-refractivity contribution in [3.05, 3.63) is 47.8 Å². The minimum absolute atomic E-state index is 0.260. The standard InChI is InChI=1S/C25H35N9O/c35-24(6-8-32-7-5-22-23(17-32)30-31-29-22)34-11-9-33(10-12-34)21-15-26-25(27-16-21)28-20-13-18-3-1-2-4-19(18)14-20/h1-4,15-16,20,22-23,29-31H,5-14,17H2,(H,26,27,28). The lowest BCUT2D eigenvalue weighted by Gasteiger charge is -2.37. The van der Waals surface area contributed by atoms with Crippen LogP contribution in [0.2, 0.25) is 0 Å². The zero-order valence-corrected chi connectivity index (χ0v) is 20.1. The van der Waals surface area contributed by atoms with Gasteiger partial charge in [0.15, 0.2) is 0 Å². The minimum atomic E-state index is 0.260. The van der Waals surface area contributed by atoms with Crippen LogP contribution >= 0.6 is 0 Å². The summed E-state index contributed by atoms with van der Waals surface area (Å²) in [7, 11) is 0. The third kappa shape index (κ3) is 5.11. The van der Waals surface area contributed by atoms with Crippen LogP contribution in [-0.4, -0.2) is 89.6 Å². The number of anilines is 2. The van der Waals surface area contributed by atoms with Crippen LogP contribution in [0, 0.1) is 0 Å². The first kappa shape index (κ1) is 22.7. The molecule has 3 aliphatic heterocycles. The van der Waals surface area contributed by atoms with E-state index in [9.17, 15) is 4.79 Å². The van der Waals surface area contributed by atoms with Crippen molar-refractivity contribution in [2.75, 3.05) is 56.0 Å². The molecule has 3 saturated heterocycles. The van der Waals surface area contributed by atoms with E-state index in [0.29, 0.717) is 30.5 Å². The van der Waals surface area contributed by atoms with Gasteiger partial charge >= 0.3 is 0 Å². The third-order valence-electron chi connectivity index (χ3n) is 7.87. The van der Waals surface area contributed by atoms with Gasteiger partial charge in [0.25, 0.3) is 0 Å². The highest BCUT2D eigenvalue weighted by Gasteiger charge is 2.33. The van der Waals surface area contributed by atoms with Gasteiger partial charge in [0.05, 0.1) is 24.1 Å². The Labute approximate surface area is 206 Å². The molecular weight excluding hydrogens is 442 g/mol. The topological polar surface area (TPSA) is 101 Å². The van der Waals surface area contributed by atoms with Gasteiger partial charge in [-0.3, -0.25) is 4.79 Å². The van der Waals surface area contributed by atoms with Crippen LogP contribution in [0.4, 0.5) is 11.6 Å². The summed E-state index contributed by atoms with van der Waals surface area (Å²) in [6, 6.07) is 9.87. The van der Waals surface area contributed by atoms with E-state index in [-0.39, 0.29) is 5.91 Å². The van der Waals surface area contributed by atoms with Gasteiger partial charge < -0.3 is 20.0 Å². The number of rotatable bonds is 6. The Morgan fingerprint density at radius 1 is 0.971 bits per heavy atom. The number of benzene rings is 1. The Bertz CT molecular complexity index is 999. The van der Waals surface area contributed by atoms with Gasteiger partial charge in [0, 0.05) is 57.8 Å². The molecule has 1 aromatic heterocycles. The average Bonchev–Trinajstić information content (AvgIpc) is 3.54. The summed E-state index contributed by atoms with van der Waals surface area (Å²) in [5.41, 5.74) is 13.4. The maximum atomic E-state index is 12.8. The first-order valence-electron chi connectivity index (χ1n) is 12.9. The Balaban J connectivity index is 0.939. The fraction of sp³-hybridized carbons (Fsp3) is 0.560. The van der Waals surface area contributed by atoms with Crippen molar-refractivity contribution in [3.63, 3.8) is 0 Å². The van der Waals surface area contributed by atoms with Crippen molar-refractivity contribution in [3.8, 4) is 0 Å². The van der Waals surface area contributed by atoms with Gasteiger partial charge in [0.1, 0.15) is 0 Å². The quantitative estimate of drug-likeness (QED) is 0.463. The average molecular weight is 478 g/mol. The molecule has 6 rings (SSSR count). The smallest absolute Gasteiger partial charge is 0.223 e. The number of hydrogen-bond acceptors (Lipinski definition) is 9. The first-order chi connectivity index (χ1) is 17.2. The van der Waals surface area contributed by atoms with Gasteiger partial charge in [0.2, 0.25) is 11.9 Å². The van der Waals surface area contributed by atoms with Gasteiger partial charge in [-0.15, -0.1) is 0 Å². The van der Waals surface area contributed by atoms with Crippen molar-refractivity contribution < 1.29 is 4.79 Å². The van der Waals surface area contributed by atoms with E-state index in [1.54, 1.807) is 0 Å². The van der Waals surface area contributed by atoms with Gasteiger partial charge in [-0.1, -0.05) is 24.3 Å². The van der Waals surface area contributed by atoms with Crippen LogP contribution in [0.1, 0.15) is 24.0 Å². The molecular formula is C25H35N9O. The number of nitrogens with zero attached hydrogens (tertiary/aromatic N) is 5. The number of fused-ring (bicyclic) bond motifs is 2. The molecule has 10 nitrogen and oxygen atoms in total. The molecule has 2 atom stereocenters. The molecule has 35 heavy (non-hydrogen) atoms. The zero-order valence-electron chi connectivity index (χ0n) is 20.1. The number of hydrogen-bond donors (Lipinski definition) is 4. The predicted octanol–water partition coefficient (Wildman–Crippen LogP) is 0.150. The lowest BCUT2D eigenvalue weighted by molar-refractivity contribution is -0.131. The molecule has 0 saturated carbocycles. The number of nitrogens with one attached hydrogen (secondary N) is 4. The molecule has 2 unspecified atom stereocenters. The molecule has 1 aromatic carbocycles. The number of piperidine rings is 1. The zero-order chi connectivity index (χ0) is 23.6. The highest BCUT2D eigenvalue weighted by molar-refractivity contribution is 5.76. The summed E-state index contributed by atoms with van der Waals surface area (Å²) in [5, 5.41) is 3.48. The van der Waals surface area contributed by atoms with E-state index in [1.165, 1.54) is 11.1 Å². The third-order valence-corrected chi connectivity index (χ3v) is 7.87. The van der Waals surface area contributed by atoms with E-state index < -0.39 is 0 Å². The number of aromatic nitrogens is 2. The van der Waals surface area contributed by atoms with Crippen molar-refractivity contribution in [1.29, 1.82) is 0 Å². The molecule has 0 spiro atoms. The molecule has 186 valence electrons. The number of amides is 1. The molecule has 0 radical (unpaired) electrons. The summed E-state index contributed by atoms with van der Waals surface area (Å²) in [5.74, 6) is 0.944. The molecule has 1 amide bonds. The summed E-state index contributed by atoms with van der Waals surface area (Å²) in [4.78, 5) is 28.6. The van der Waals surface area contributed by atoms with Crippen molar-refractivity contribution >= 4 is 17.5 Å². The second-order valence-electron chi connectivity index (χ2n) is 10.1. The van der Waals surface area contributed by atoms with Crippen LogP contribution < -0.4 is 26.6 Å². The lowest BCUT2D eigenvalue weighted by Crippen LogP contribution is -2.52. The second-order valence-corrected chi connectivity index (χ2v) is 10.1. The molecule has 4 aliphatic rings. The highest BCUT2D eigenvalue weighted by Crippen LogP contribution is 2.24. The largest absolute Gasteiger partial charge is 0.365 e. The minimum Gasteiger partial charge on any atom is -0.365 e. The molecule has 2 aromatic rings. The molecule has 1 aliphatic carbocycles. The summed E-state index contributed by atoms with van der Waals surface area (Å²) < 4.78 is 0. The fourth-order valence-electron chi connectivity index (χ4n) is 5.80. The second kappa shape index (κ2) is 10.1. The van der Waals surface area contributed by atoms with E-state index in [4.69, 9.17) is 0 Å². The van der Waals surface area contributed by atoms with Crippen LogP contribution in [0.15, 0.2) is 36.7 Å². The van der Waals surface area contributed by atoms with Crippen LogP contribution in [0.25, 0.3) is 0 Å². The molecule has 0 bridgehead atoms. The number of carbonyl (C=O) groups is 1. The monoisotopic (exact) mass is 477 g/mol. The number of piperazine rings is 1. The van der Waals surface area contributed by atoms with Gasteiger partial charge in [-0.25, -0.2) is 20.8 Å². The van der Waals surface area contributed by atoms with Crippen molar-refractivity contribution in [2.45, 2.75) is 43.8 Å². The predicted molar refractivity (Wildman–Crippen MR) is 135 cm³/mol. The lowest BCUT2D eigenvalue weighted by atomic mass is 10.0. The number of likely N-dealkylation sites (tertiary alicyclic amines) is 1. The summed E-state index contributed by atoms with van der Waals surface area (Å²) in [6.07, 6.45) is 7.52. The van der Waals surface area contributed by atoms with Crippen LogP contribution in [-0.2, 0) is 17.6 Å². The number of carbonyl (C=O) groups excluding carboxylic acids is 1. The maximum absolute atomic E-state index is 12.8. The van der Waals surface area contributed by atoms with Crippen molar-refractivity contribution in [1.82, 2.24) is 36.2 Å². The van der Waals surface area contributed by atoms with E-state index in [0.717, 1.165) is 70.8 Å². The van der Waals surface area contributed by atoms with Crippen LogP contribution in [0.3, 0.4) is 0 Å². The molecule has 3 fully saturated rings.